The molecule has 1 N–H and O–H groups in total. The van der Waals surface area contributed by atoms with E-state index in [2.05, 4.69) is 10.3 Å². The Balaban J connectivity index is 1.48. The highest BCUT2D eigenvalue weighted by atomic mass is 16.6. The maximum Gasteiger partial charge on any atom is 0.252 e. The van der Waals surface area contributed by atoms with E-state index in [0.29, 0.717) is 30.2 Å². The number of benzene rings is 2. The number of fused-ring (bicyclic) bond motifs is 2. The number of nitrogens with one attached hydrogen (secondary N) is 1. The molecule has 154 valence electrons. The fourth-order valence-corrected chi connectivity index (χ4v) is 3.70. The zero-order chi connectivity index (χ0) is 21.2. The molecule has 1 aliphatic rings. The first-order valence-electron chi connectivity index (χ1n) is 10.2. The third kappa shape index (κ3) is 3.80. The molecule has 1 aliphatic heterocycles. The highest BCUT2D eigenvalue weighted by Gasteiger charge is 2.19. The third-order valence-corrected chi connectivity index (χ3v) is 5.30. The van der Waals surface area contributed by atoms with Crippen molar-refractivity contribution in [3.05, 3.63) is 84.1 Å². The molecule has 3 heterocycles. The Morgan fingerprint density at radius 1 is 0.935 bits per heavy atom. The van der Waals surface area contributed by atoms with E-state index in [4.69, 9.17) is 14.5 Å². The van der Waals surface area contributed by atoms with Crippen LogP contribution in [0.1, 0.15) is 28.9 Å². The lowest BCUT2D eigenvalue weighted by Gasteiger charge is -2.21. The summed E-state index contributed by atoms with van der Waals surface area (Å²) in [6.45, 7) is 3.02. The second kappa shape index (κ2) is 8.07. The molecule has 0 spiro atoms. The van der Waals surface area contributed by atoms with Crippen LogP contribution in [0.25, 0.3) is 22.3 Å². The Bertz CT molecular complexity index is 1260. The quantitative estimate of drug-likeness (QED) is 0.533. The van der Waals surface area contributed by atoms with E-state index >= 15 is 0 Å². The van der Waals surface area contributed by atoms with Crippen LogP contribution >= 0.6 is 0 Å². The summed E-state index contributed by atoms with van der Waals surface area (Å²) in [6.07, 6.45) is 1.72. The van der Waals surface area contributed by atoms with Crippen molar-refractivity contribution in [1.29, 1.82) is 0 Å². The first-order valence-corrected chi connectivity index (χ1v) is 10.2. The highest BCUT2D eigenvalue weighted by Crippen LogP contribution is 2.33. The number of amides is 1. The van der Waals surface area contributed by atoms with Crippen molar-refractivity contribution in [2.45, 2.75) is 13.0 Å². The van der Waals surface area contributed by atoms with Gasteiger partial charge in [-0.3, -0.25) is 9.78 Å². The number of carbonyl (C=O) groups excluding carboxylic acids is 1. The van der Waals surface area contributed by atoms with E-state index in [1.807, 2.05) is 67.6 Å². The van der Waals surface area contributed by atoms with Gasteiger partial charge < -0.3 is 14.8 Å². The molecule has 2 aromatic heterocycles. The number of rotatable bonds is 4. The molecular formula is C25H21N3O3. The van der Waals surface area contributed by atoms with E-state index in [1.54, 1.807) is 12.3 Å². The van der Waals surface area contributed by atoms with Gasteiger partial charge in [-0.1, -0.05) is 30.3 Å². The van der Waals surface area contributed by atoms with Crippen LogP contribution in [-0.4, -0.2) is 29.1 Å². The van der Waals surface area contributed by atoms with Gasteiger partial charge in [-0.15, -0.1) is 0 Å². The highest BCUT2D eigenvalue weighted by molar-refractivity contribution is 6.07. The van der Waals surface area contributed by atoms with Crippen LogP contribution in [0.15, 0.2) is 72.9 Å². The topological polar surface area (TPSA) is 73.3 Å². The summed E-state index contributed by atoms with van der Waals surface area (Å²) in [6, 6.07) is 20.6. The van der Waals surface area contributed by atoms with Crippen molar-refractivity contribution in [3.8, 4) is 22.9 Å². The lowest BCUT2D eigenvalue weighted by Crippen LogP contribution is -2.27. The standard InChI is InChI=1S/C25H21N3O3/c1-16(17-9-10-23-24(14-17)31-13-12-30-23)27-25(29)19-15-22(21-8-4-5-11-26-21)28-20-7-3-2-6-18(19)20/h2-11,14-16H,12-13H2,1H3,(H,27,29). The van der Waals surface area contributed by atoms with Gasteiger partial charge in [-0.25, -0.2) is 4.98 Å². The Kier molecular flexibility index (Phi) is 4.96. The molecule has 6 nitrogen and oxygen atoms in total. The van der Waals surface area contributed by atoms with Gasteiger partial charge in [0.15, 0.2) is 11.5 Å². The normalized spacial score (nSPS) is 13.6. The van der Waals surface area contributed by atoms with Crippen LogP contribution in [0.3, 0.4) is 0 Å². The largest absolute Gasteiger partial charge is 0.486 e. The lowest BCUT2D eigenvalue weighted by molar-refractivity contribution is 0.0941. The van der Waals surface area contributed by atoms with Crippen molar-refractivity contribution >= 4 is 16.8 Å². The van der Waals surface area contributed by atoms with Gasteiger partial charge in [-0.05, 0) is 48.9 Å². The fourth-order valence-electron chi connectivity index (χ4n) is 3.70. The minimum Gasteiger partial charge on any atom is -0.486 e. The smallest absolute Gasteiger partial charge is 0.252 e. The summed E-state index contributed by atoms with van der Waals surface area (Å²) in [4.78, 5) is 22.4. The molecule has 0 fully saturated rings. The number of hydrogen-bond acceptors (Lipinski definition) is 5. The number of aromatic nitrogens is 2. The van der Waals surface area contributed by atoms with Crippen LogP contribution in [0.2, 0.25) is 0 Å². The Hall–Kier alpha value is -3.93. The zero-order valence-corrected chi connectivity index (χ0v) is 17.0. The minimum absolute atomic E-state index is 0.168. The van der Waals surface area contributed by atoms with Crippen molar-refractivity contribution < 1.29 is 14.3 Å². The molecule has 0 saturated carbocycles. The van der Waals surface area contributed by atoms with Crippen LogP contribution in [0, 0.1) is 0 Å². The Morgan fingerprint density at radius 2 is 1.74 bits per heavy atom. The van der Waals surface area contributed by atoms with E-state index in [-0.39, 0.29) is 11.9 Å². The molecular weight excluding hydrogens is 390 g/mol. The van der Waals surface area contributed by atoms with Crippen LogP contribution in [0.5, 0.6) is 11.5 Å². The van der Waals surface area contributed by atoms with E-state index in [9.17, 15) is 4.79 Å². The fraction of sp³-hybridized carbons (Fsp3) is 0.160. The molecule has 5 rings (SSSR count). The number of carbonyl (C=O) groups is 1. The van der Waals surface area contributed by atoms with Gasteiger partial charge >= 0.3 is 0 Å². The van der Waals surface area contributed by atoms with Crippen LogP contribution in [-0.2, 0) is 0 Å². The van der Waals surface area contributed by atoms with Crippen molar-refractivity contribution in [1.82, 2.24) is 15.3 Å². The van der Waals surface area contributed by atoms with Crippen LogP contribution in [0.4, 0.5) is 0 Å². The zero-order valence-electron chi connectivity index (χ0n) is 17.0. The maximum absolute atomic E-state index is 13.3. The van der Waals surface area contributed by atoms with Gasteiger partial charge in [0.05, 0.1) is 28.5 Å². The van der Waals surface area contributed by atoms with Gasteiger partial charge in [0.2, 0.25) is 0 Å². The summed E-state index contributed by atoms with van der Waals surface area (Å²) in [7, 11) is 0. The number of pyridine rings is 2. The first kappa shape index (κ1) is 19.1. The second-order valence-electron chi connectivity index (χ2n) is 7.39. The van der Waals surface area contributed by atoms with Gasteiger partial charge in [0.1, 0.15) is 13.2 Å². The number of hydrogen-bond donors (Lipinski definition) is 1. The molecule has 6 heteroatoms. The Labute approximate surface area is 179 Å². The summed E-state index contributed by atoms with van der Waals surface area (Å²) >= 11 is 0. The predicted octanol–water partition coefficient (Wildman–Crippen LogP) is 4.56. The van der Waals surface area contributed by atoms with E-state index in [1.165, 1.54) is 0 Å². The third-order valence-electron chi connectivity index (χ3n) is 5.30. The molecule has 1 atom stereocenters. The SMILES string of the molecule is CC(NC(=O)c1cc(-c2ccccn2)nc2ccccc12)c1ccc2c(c1)OCCO2. The Morgan fingerprint density at radius 3 is 2.58 bits per heavy atom. The molecule has 4 aromatic rings. The minimum atomic E-state index is -0.214. The molecule has 1 amide bonds. The van der Waals surface area contributed by atoms with Crippen molar-refractivity contribution in [2.75, 3.05) is 13.2 Å². The van der Waals surface area contributed by atoms with Crippen LogP contribution < -0.4 is 14.8 Å². The summed E-state index contributed by atoms with van der Waals surface area (Å²) < 4.78 is 11.3. The van der Waals surface area contributed by atoms with E-state index < -0.39 is 0 Å². The number of nitrogens with zero attached hydrogens (tertiary/aromatic N) is 2. The molecule has 0 bridgehead atoms. The molecule has 0 radical (unpaired) electrons. The first-order chi connectivity index (χ1) is 15.2. The number of para-hydroxylation sites is 1. The predicted molar refractivity (Wildman–Crippen MR) is 118 cm³/mol. The molecule has 1 unspecified atom stereocenters. The summed E-state index contributed by atoms with van der Waals surface area (Å²) in [5.41, 5.74) is 3.65. The molecule has 0 saturated heterocycles. The molecule has 0 aliphatic carbocycles. The average molecular weight is 411 g/mol. The number of ether oxygens (including phenoxy) is 2. The second-order valence-corrected chi connectivity index (χ2v) is 7.39. The maximum atomic E-state index is 13.3. The summed E-state index contributed by atoms with van der Waals surface area (Å²) in [5.74, 6) is 1.27. The molecule has 31 heavy (non-hydrogen) atoms. The lowest BCUT2D eigenvalue weighted by atomic mass is 10.0. The summed E-state index contributed by atoms with van der Waals surface area (Å²) in [5, 5.41) is 3.91. The van der Waals surface area contributed by atoms with Gasteiger partial charge in [0.25, 0.3) is 5.91 Å². The van der Waals surface area contributed by atoms with E-state index in [0.717, 1.165) is 27.9 Å². The van der Waals surface area contributed by atoms with Gasteiger partial charge in [0, 0.05) is 11.6 Å². The van der Waals surface area contributed by atoms with Crippen molar-refractivity contribution in [3.63, 3.8) is 0 Å². The van der Waals surface area contributed by atoms with Gasteiger partial charge in [-0.2, -0.15) is 0 Å². The average Bonchev–Trinajstić information content (AvgIpc) is 2.83. The molecule has 2 aromatic carbocycles. The van der Waals surface area contributed by atoms with Crippen molar-refractivity contribution in [2.24, 2.45) is 0 Å². The monoisotopic (exact) mass is 411 g/mol.